The number of hydrogen-bond donors (Lipinski definition) is 3. The van der Waals surface area contributed by atoms with E-state index in [9.17, 15) is 22.0 Å². The van der Waals surface area contributed by atoms with Crippen molar-refractivity contribution in [3.05, 3.63) is 71.4 Å². The Balaban J connectivity index is 1.84. The molecule has 0 aliphatic rings. The zero-order valence-corrected chi connectivity index (χ0v) is 14.8. The first kappa shape index (κ1) is 18.5. The summed E-state index contributed by atoms with van der Waals surface area (Å²) in [7, 11) is -4.13. The van der Waals surface area contributed by atoms with Crippen molar-refractivity contribution in [1.82, 2.24) is 10.2 Å². The van der Waals surface area contributed by atoms with Gasteiger partial charge in [0.05, 0.1) is 11.8 Å². The zero-order valence-electron chi connectivity index (χ0n) is 14.0. The van der Waals surface area contributed by atoms with Gasteiger partial charge < -0.3 is 5.32 Å². The molecule has 3 aromatic rings. The standard InChI is InChI=1S/C17H14F2N4O3S/c1-10-2-4-11(5-3-10)23-27(25,26)17-13(9-20-22-17)16(24)21-12-6-7-14(18)15(19)8-12/h2-9,23H,1H3,(H,20,22)(H,21,24). The summed E-state index contributed by atoms with van der Waals surface area (Å²) in [5.74, 6) is -3.06. The van der Waals surface area contributed by atoms with E-state index in [-0.39, 0.29) is 11.3 Å². The summed E-state index contributed by atoms with van der Waals surface area (Å²) < 4.78 is 53.7. The quantitative estimate of drug-likeness (QED) is 0.621. The number of nitrogens with zero attached hydrogens (tertiary/aromatic N) is 1. The summed E-state index contributed by atoms with van der Waals surface area (Å²) in [6, 6.07) is 9.37. The Morgan fingerprint density at radius 1 is 1.04 bits per heavy atom. The van der Waals surface area contributed by atoms with Crippen molar-refractivity contribution >= 4 is 27.3 Å². The average molecular weight is 392 g/mol. The van der Waals surface area contributed by atoms with E-state index < -0.39 is 32.6 Å². The smallest absolute Gasteiger partial charge is 0.279 e. The molecule has 0 radical (unpaired) electrons. The first-order chi connectivity index (χ1) is 12.8. The third-order valence-electron chi connectivity index (χ3n) is 3.60. The van der Waals surface area contributed by atoms with Gasteiger partial charge in [0, 0.05) is 17.4 Å². The number of carbonyl (C=O) groups excluding carboxylic acids is 1. The molecule has 0 unspecified atom stereocenters. The van der Waals surface area contributed by atoms with Crippen molar-refractivity contribution in [2.75, 3.05) is 10.0 Å². The Hall–Kier alpha value is -3.27. The van der Waals surface area contributed by atoms with Gasteiger partial charge in [-0.15, -0.1) is 0 Å². The van der Waals surface area contributed by atoms with Gasteiger partial charge in [0.15, 0.2) is 16.7 Å². The summed E-state index contributed by atoms with van der Waals surface area (Å²) in [5, 5.41) is 7.71. The van der Waals surface area contributed by atoms with Gasteiger partial charge in [-0.25, -0.2) is 8.78 Å². The van der Waals surface area contributed by atoms with Gasteiger partial charge in [-0.05, 0) is 31.2 Å². The molecule has 1 heterocycles. The predicted molar refractivity (Wildman–Crippen MR) is 94.9 cm³/mol. The Labute approximate surface area is 153 Å². The number of carbonyl (C=O) groups is 1. The van der Waals surface area contributed by atoms with Gasteiger partial charge in [0.1, 0.15) is 0 Å². The molecule has 0 fully saturated rings. The van der Waals surface area contributed by atoms with Gasteiger partial charge in [-0.3, -0.25) is 14.6 Å². The first-order valence-electron chi connectivity index (χ1n) is 7.65. The van der Waals surface area contributed by atoms with Gasteiger partial charge >= 0.3 is 0 Å². The molecule has 27 heavy (non-hydrogen) atoms. The van der Waals surface area contributed by atoms with Gasteiger partial charge in [-0.2, -0.15) is 13.5 Å². The topological polar surface area (TPSA) is 104 Å². The Morgan fingerprint density at radius 2 is 1.70 bits per heavy atom. The number of aromatic amines is 1. The maximum atomic E-state index is 13.3. The van der Waals surface area contributed by atoms with Gasteiger partial charge in [-0.1, -0.05) is 17.7 Å². The maximum absolute atomic E-state index is 13.3. The van der Waals surface area contributed by atoms with E-state index >= 15 is 0 Å². The number of benzene rings is 2. The zero-order chi connectivity index (χ0) is 19.6. The van der Waals surface area contributed by atoms with Crippen molar-refractivity contribution in [3.8, 4) is 0 Å². The molecule has 0 saturated carbocycles. The Morgan fingerprint density at radius 3 is 2.37 bits per heavy atom. The van der Waals surface area contributed by atoms with Crippen molar-refractivity contribution < 1.29 is 22.0 Å². The number of aryl methyl sites for hydroxylation is 1. The van der Waals surface area contributed by atoms with Gasteiger partial charge in [0.25, 0.3) is 15.9 Å². The number of sulfonamides is 1. The molecule has 0 atom stereocenters. The molecule has 0 bridgehead atoms. The number of hydrogen-bond acceptors (Lipinski definition) is 4. The second kappa shape index (κ2) is 7.16. The molecule has 0 aliphatic carbocycles. The van der Waals surface area contributed by atoms with Crippen LogP contribution in [-0.4, -0.2) is 24.5 Å². The Kier molecular flexibility index (Phi) is 4.91. The minimum absolute atomic E-state index is 0.0325. The number of halogens is 2. The lowest BCUT2D eigenvalue weighted by Gasteiger charge is -2.09. The molecule has 7 nitrogen and oxygen atoms in total. The van der Waals surface area contributed by atoms with Crippen LogP contribution in [-0.2, 0) is 10.0 Å². The molecule has 1 aromatic heterocycles. The highest BCUT2D eigenvalue weighted by Crippen LogP contribution is 2.20. The molecule has 1 amide bonds. The van der Waals surface area contributed by atoms with Crippen molar-refractivity contribution in [3.63, 3.8) is 0 Å². The van der Waals surface area contributed by atoms with Crippen LogP contribution in [0.3, 0.4) is 0 Å². The number of nitrogens with one attached hydrogen (secondary N) is 3. The lowest BCUT2D eigenvalue weighted by Crippen LogP contribution is -2.19. The predicted octanol–water partition coefficient (Wildman–Crippen LogP) is 3.05. The number of aromatic nitrogens is 2. The molecule has 3 rings (SSSR count). The van der Waals surface area contributed by atoms with E-state index in [1.165, 1.54) is 0 Å². The molecular weight excluding hydrogens is 378 g/mol. The lowest BCUT2D eigenvalue weighted by molar-refractivity contribution is 0.102. The van der Waals surface area contributed by atoms with Crippen LogP contribution in [0.1, 0.15) is 15.9 Å². The molecule has 140 valence electrons. The highest BCUT2D eigenvalue weighted by Gasteiger charge is 2.25. The first-order valence-corrected chi connectivity index (χ1v) is 9.14. The number of anilines is 2. The van der Waals surface area contributed by atoms with Crippen LogP contribution < -0.4 is 10.0 Å². The summed E-state index contributed by atoms with van der Waals surface area (Å²) in [4.78, 5) is 12.4. The minimum atomic E-state index is -4.13. The largest absolute Gasteiger partial charge is 0.322 e. The van der Waals surface area contributed by atoms with E-state index in [0.717, 1.165) is 30.0 Å². The van der Waals surface area contributed by atoms with Crippen LogP contribution in [0.4, 0.5) is 20.2 Å². The highest BCUT2D eigenvalue weighted by atomic mass is 32.2. The second-order valence-corrected chi connectivity index (χ2v) is 7.29. The van der Waals surface area contributed by atoms with E-state index in [2.05, 4.69) is 20.2 Å². The summed E-state index contributed by atoms with van der Waals surface area (Å²) in [6.07, 6.45) is 1.03. The maximum Gasteiger partial charge on any atom is 0.279 e. The minimum Gasteiger partial charge on any atom is -0.322 e. The fourth-order valence-corrected chi connectivity index (χ4v) is 3.40. The van der Waals surface area contributed by atoms with E-state index in [4.69, 9.17) is 0 Å². The summed E-state index contributed by atoms with van der Waals surface area (Å²) in [6.45, 7) is 1.86. The molecule has 2 aromatic carbocycles. The van der Waals surface area contributed by atoms with Crippen LogP contribution in [0.25, 0.3) is 0 Å². The van der Waals surface area contributed by atoms with E-state index in [0.29, 0.717) is 5.69 Å². The fraction of sp³-hybridized carbons (Fsp3) is 0.0588. The van der Waals surface area contributed by atoms with Crippen molar-refractivity contribution in [1.29, 1.82) is 0 Å². The molecule has 0 spiro atoms. The number of amides is 1. The van der Waals surface area contributed by atoms with Crippen molar-refractivity contribution in [2.45, 2.75) is 11.9 Å². The molecule has 0 aliphatic heterocycles. The van der Waals surface area contributed by atoms with Crippen LogP contribution in [0.5, 0.6) is 0 Å². The highest BCUT2D eigenvalue weighted by molar-refractivity contribution is 7.92. The van der Waals surface area contributed by atoms with Crippen LogP contribution in [0, 0.1) is 18.6 Å². The SMILES string of the molecule is Cc1ccc(NS(=O)(=O)c2[nH]ncc2C(=O)Nc2ccc(F)c(F)c2)cc1. The average Bonchev–Trinajstić information content (AvgIpc) is 3.11. The lowest BCUT2D eigenvalue weighted by atomic mass is 10.2. The molecule has 0 saturated heterocycles. The van der Waals surface area contributed by atoms with Gasteiger partial charge in [0.2, 0.25) is 0 Å². The third kappa shape index (κ3) is 4.11. The second-order valence-electron chi connectivity index (χ2n) is 5.67. The van der Waals surface area contributed by atoms with E-state index in [1.54, 1.807) is 24.3 Å². The molecule has 10 heteroatoms. The summed E-state index contributed by atoms with van der Waals surface area (Å²) in [5.41, 5.74) is 0.947. The number of rotatable bonds is 5. The van der Waals surface area contributed by atoms with Crippen LogP contribution in [0.2, 0.25) is 0 Å². The molecule has 3 N–H and O–H groups in total. The van der Waals surface area contributed by atoms with Crippen LogP contribution >= 0.6 is 0 Å². The van der Waals surface area contributed by atoms with E-state index in [1.807, 2.05) is 6.92 Å². The van der Waals surface area contributed by atoms with Crippen LogP contribution in [0.15, 0.2) is 53.7 Å². The molecular formula is C17H14F2N4O3S. The van der Waals surface area contributed by atoms with Crippen molar-refractivity contribution in [2.24, 2.45) is 0 Å². The number of H-pyrrole nitrogens is 1. The summed E-state index contributed by atoms with van der Waals surface area (Å²) >= 11 is 0. The fourth-order valence-electron chi connectivity index (χ4n) is 2.24. The normalized spacial score (nSPS) is 11.2. The third-order valence-corrected chi connectivity index (χ3v) is 4.95. The monoisotopic (exact) mass is 392 g/mol. The Bertz CT molecular complexity index is 1100.